The molecule has 2 unspecified atom stereocenters. The number of thioether (sulfide) groups is 1. The molecule has 3 aromatic rings. The minimum Gasteiger partial charge on any atom is -0.140 e. The van der Waals surface area contributed by atoms with Crippen LogP contribution in [0.15, 0.2) is 77.1 Å². The highest BCUT2D eigenvalue weighted by molar-refractivity contribution is 9.10. The van der Waals surface area contributed by atoms with Gasteiger partial charge in [-0.25, -0.2) is 0 Å². The van der Waals surface area contributed by atoms with E-state index >= 15 is 0 Å². The number of hydrogen-bond acceptors (Lipinski definition) is 2. The molecule has 0 N–H and O–H groups in total. The topological polar surface area (TPSA) is 0 Å². The summed E-state index contributed by atoms with van der Waals surface area (Å²) in [5.74, 6) is 1.73. The van der Waals surface area contributed by atoms with Crippen LogP contribution >= 0.6 is 39.0 Å². The molecular weight excluding hydrogens is 444 g/mol. The summed E-state index contributed by atoms with van der Waals surface area (Å²) in [5, 5.41) is 1.97. The molecule has 0 radical (unpaired) electrons. The molecule has 28 heavy (non-hydrogen) atoms. The largest absolute Gasteiger partial charge is 0.140 e. The third-order valence-electron chi connectivity index (χ3n) is 5.86. The van der Waals surface area contributed by atoms with E-state index in [2.05, 4.69) is 90.1 Å². The molecule has 1 heterocycles. The molecule has 2 atom stereocenters. The van der Waals surface area contributed by atoms with Crippen LogP contribution in [0, 0.1) is 0 Å². The van der Waals surface area contributed by atoms with E-state index in [-0.39, 0.29) is 5.41 Å². The summed E-state index contributed by atoms with van der Waals surface area (Å²) in [7, 11) is 0. The number of benzene rings is 2. The van der Waals surface area contributed by atoms with Gasteiger partial charge in [-0.2, -0.15) is 0 Å². The van der Waals surface area contributed by atoms with Crippen LogP contribution in [-0.2, 0) is 11.8 Å². The highest BCUT2D eigenvalue weighted by Crippen LogP contribution is 2.50. The monoisotopic (exact) mass is 468 g/mol. The number of halogens is 1. The van der Waals surface area contributed by atoms with Gasteiger partial charge in [-0.05, 0) is 76.6 Å². The van der Waals surface area contributed by atoms with E-state index in [1.54, 1.807) is 10.4 Å². The Kier molecular flexibility index (Phi) is 6.15. The summed E-state index contributed by atoms with van der Waals surface area (Å²) in [4.78, 5) is 2.96. The molecule has 1 aromatic heterocycles. The smallest absolute Gasteiger partial charge is 0.0349 e. The van der Waals surface area contributed by atoms with E-state index in [1.165, 1.54) is 28.8 Å². The maximum Gasteiger partial charge on any atom is 0.0349 e. The third-order valence-corrected chi connectivity index (χ3v) is 8.23. The van der Waals surface area contributed by atoms with Crippen LogP contribution in [0.2, 0.25) is 0 Å². The molecule has 0 saturated heterocycles. The molecule has 2 aromatic carbocycles. The molecule has 0 saturated carbocycles. The summed E-state index contributed by atoms with van der Waals surface area (Å²) in [6, 6.07) is 22.2. The van der Waals surface area contributed by atoms with E-state index in [0.29, 0.717) is 5.92 Å². The molecule has 0 amide bonds. The molecular formula is C25H25BrS2. The van der Waals surface area contributed by atoms with Crippen LogP contribution in [0.5, 0.6) is 0 Å². The molecule has 0 bridgehead atoms. The van der Waals surface area contributed by atoms with Gasteiger partial charge in [0.05, 0.1) is 0 Å². The van der Waals surface area contributed by atoms with Gasteiger partial charge < -0.3 is 0 Å². The minimum atomic E-state index is 0.213. The Morgan fingerprint density at radius 2 is 2.00 bits per heavy atom. The second-order valence-electron chi connectivity index (χ2n) is 7.82. The van der Waals surface area contributed by atoms with E-state index < -0.39 is 0 Å². The molecule has 1 aliphatic rings. The maximum atomic E-state index is 3.89. The first-order chi connectivity index (χ1) is 13.6. The predicted octanol–water partition coefficient (Wildman–Crippen LogP) is 8.43. The Hall–Kier alpha value is -1.29. The van der Waals surface area contributed by atoms with Gasteiger partial charge >= 0.3 is 0 Å². The summed E-state index contributed by atoms with van der Waals surface area (Å²) >= 11 is 7.46. The van der Waals surface area contributed by atoms with Gasteiger partial charge in [0.1, 0.15) is 0 Å². The lowest BCUT2D eigenvalue weighted by molar-refractivity contribution is 0.356. The first kappa shape index (κ1) is 20.0. The fourth-order valence-electron chi connectivity index (χ4n) is 4.39. The van der Waals surface area contributed by atoms with E-state index in [9.17, 15) is 0 Å². The SMILES string of the molecule is C=CSCCC1(C)CC(c2ccccc2)Cc2sc(-c3cccc(Br)c3)cc21. The number of rotatable bonds is 6. The van der Waals surface area contributed by atoms with Crippen LogP contribution in [0.3, 0.4) is 0 Å². The van der Waals surface area contributed by atoms with Crippen LogP contribution in [0.4, 0.5) is 0 Å². The lowest BCUT2D eigenvalue weighted by Gasteiger charge is -2.39. The van der Waals surface area contributed by atoms with Crippen molar-refractivity contribution in [1.29, 1.82) is 0 Å². The van der Waals surface area contributed by atoms with E-state index in [1.807, 2.05) is 28.5 Å². The summed E-state index contributed by atoms with van der Waals surface area (Å²) in [6.07, 6.45) is 3.56. The highest BCUT2D eigenvalue weighted by Gasteiger charge is 2.38. The van der Waals surface area contributed by atoms with E-state index in [0.717, 1.165) is 16.6 Å². The molecule has 0 aliphatic heterocycles. The second kappa shape index (κ2) is 8.61. The summed E-state index contributed by atoms with van der Waals surface area (Å²) in [5.41, 5.74) is 4.58. The summed E-state index contributed by atoms with van der Waals surface area (Å²) < 4.78 is 1.14. The Morgan fingerprint density at radius 1 is 1.18 bits per heavy atom. The molecule has 144 valence electrons. The zero-order valence-electron chi connectivity index (χ0n) is 16.2. The zero-order valence-corrected chi connectivity index (χ0v) is 19.4. The van der Waals surface area contributed by atoms with Crippen molar-refractivity contribution in [3.8, 4) is 10.4 Å². The average molecular weight is 470 g/mol. The summed E-state index contributed by atoms with van der Waals surface area (Å²) in [6.45, 7) is 6.36. The van der Waals surface area contributed by atoms with Gasteiger partial charge in [0.25, 0.3) is 0 Å². The normalized spacial score (nSPS) is 21.3. The van der Waals surface area contributed by atoms with Crippen LogP contribution in [0.25, 0.3) is 10.4 Å². The lowest BCUT2D eigenvalue weighted by atomic mass is 9.67. The molecule has 3 heteroatoms. The number of thiophene rings is 1. The van der Waals surface area contributed by atoms with Gasteiger partial charge in [-0.1, -0.05) is 71.9 Å². The Bertz CT molecular complexity index is 960. The fourth-order valence-corrected chi connectivity index (χ4v) is 6.91. The quantitative estimate of drug-likeness (QED) is 0.327. The molecule has 4 rings (SSSR count). The first-order valence-corrected chi connectivity index (χ1v) is 12.4. The molecule has 0 spiro atoms. The maximum absolute atomic E-state index is 3.89. The predicted molar refractivity (Wildman–Crippen MR) is 130 cm³/mol. The van der Waals surface area contributed by atoms with Crippen molar-refractivity contribution < 1.29 is 0 Å². The van der Waals surface area contributed by atoms with Crippen LogP contribution in [-0.4, -0.2) is 5.75 Å². The van der Waals surface area contributed by atoms with Gasteiger partial charge in [-0.3, -0.25) is 0 Å². The van der Waals surface area contributed by atoms with Crippen LogP contribution in [0.1, 0.15) is 41.7 Å². The molecule has 1 aliphatic carbocycles. The molecule has 0 nitrogen and oxygen atoms in total. The number of hydrogen-bond donors (Lipinski definition) is 0. The van der Waals surface area contributed by atoms with Crippen molar-refractivity contribution in [2.45, 2.75) is 37.5 Å². The van der Waals surface area contributed by atoms with Gasteiger partial charge in [-0.15, -0.1) is 23.1 Å². The molecule has 0 fully saturated rings. The second-order valence-corrected chi connectivity index (χ2v) is 10.9. The Balaban J connectivity index is 1.73. The van der Waals surface area contributed by atoms with Crippen molar-refractivity contribution in [3.63, 3.8) is 0 Å². The van der Waals surface area contributed by atoms with Crippen molar-refractivity contribution in [1.82, 2.24) is 0 Å². The number of fused-ring (bicyclic) bond motifs is 1. The van der Waals surface area contributed by atoms with Gasteiger partial charge in [0, 0.05) is 14.2 Å². The zero-order chi connectivity index (χ0) is 19.6. The van der Waals surface area contributed by atoms with Crippen molar-refractivity contribution in [2.75, 3.05) is 5.75 Å². The first-order valence-electron chi connectivity index (χ1n) is 9.76. The fraction of sp³-hybridized carbons (Fsp3) is 0.280. The van der Waals surface area contributed by atoms with Crippen LogP contribution < -0.4 is 0 Å². The lowest BCUT2D eigenvalue weighted by Crippen LogP contribution is -2.31. The standard InChI is InChI=1S/C25H25BrS2/c1-3-27-13-12-25(2)17-20(18-8-5-4-6-9-18)15-24-22(25)16-23(28-24)19-10-7-11-21(26)14-19/h3-11,14,16,20H,1,12-13,15,17H2,2H3. The Labute approximate surface area is 185 Å². The minimum absolute atomic E-state index is 0.213. The van der Waals surface area contributed by atoms with Crippen molar-refractivity contribution in [2.24, 2.45) is 0 Å². The Morgan fingerprint density at radius 3 is 2.75 bits per heavy atom. The highest BCUT2D eigenvalue weighted by atomic mass is 79.9. The van der Waals surface area contributed by atoms with Crippen molar-refractivity contribution >= 4 is 39.0 Å². The van der Waals surface area contributed by atoms with Gasteiger partial charge in [0.15, 0.2) is 0 Å². The van der Waals surface area contributed by atoms with E-state index in [4.69, 9.17) is 0 Å². The van der Waals surface area contributed by atoms with Crippen molar-refractivity contribution in [3.05, 3.63) is 93.1 Å². The third kappa shape index (κ3) is 4.17. The van der Waals surface area contributed by atoms with Gasteiger partial charge in [0.2, 0.25) is 0 Å². The average Bonchev–Trinajstić information content (AvgIpc) is 3.14.